The molecule has 5 aliphatic carbocycles. The highest BCUT2D eigenvalue weighted by Crippen LogP contribution is 2.75. The van der Waals surface area contributed by atoms with Crippen LogP contribution in [-0.2, 0) is 14.3 Å². The average molecular weight is 604 g/mol. The maximum Gasteiger partial charge on any atom is 0.312 e. The first-order valence-corrected chi connectivity index (χ1v) is 16.5. The van der Waals surface area contributed by atoms with Crippen molar-refractivity contribution >= 4 is 27.7 Å². The van der Waals surface area contributed by atoms with E-state index in [0.717, 1.165) is 63.1 Å². The lowest BCUT2D eigenvalue weighted by molar-refractivity contribution is -0.202. The minimum absolute atomic E-state index is 0.0187. The quantitative estimate of drug-likeness (QED) is 0.202. The summed E-state index contributed by atoms with van der Waals surface area (Å²) in [5.41, 5.74) is 0.447. The number of rotatable bonds is 4. The highest BCUT2D eigenvalue weighted by molar-refractivity contribution is 9.09. The summed E-state index contributed by atoms with van der Waals surface area (Å²) in [5.74, 6) is 0.754. The molecule has 0 bridgehead atoms. The van der Waals surface area contributed by atoms with Gasteiger partial charge in [0, 0.05) is 11.2 Å². The van der Waals surface area contributed by atoms with Gasteiger partial charge in [-0.15, -0.1) is 0 Å². The summed E-state index contributed by atoms with van der Waals surface area (Å²) in [5, 5.41) is 11.7. The summed E-state index contributed by atoms with van der Waals surface area (Å²) < 4.78 is 5.73. The van der Waals surface area contributed by atoms with Crippen molar-refractivity contribution in [3.05, 3.63) is 23.8 Å². The van der Waals surface area contributed by atoms with E-state index < -0.39 is 5.41 Å². The van der Waals surface area contributed by atoms with Crippen LogP contribution in [0, 0.1) is 50.2 Å². The molecule has 0 radical (unpaired) electrons. The number of allylic oxidation sites excluding steroid dienone is 3. The Labute approximate surface area is 244 Å². The second-order valence-corrected chi connectivity index (χ2v) is 16.5. The number of halogens is 1. The van der Waals surface area contributed by atoms with E-state index in [1.807, 2.05) is 12.2 Å². The van der Waals surface area contributed by atoms with Gasteiger partial charge in [0.25, 0.3) is 0 Å². The Morgan fingerprint density at radius 3 is 2.38 bits per heavy atom. The fraction of sp³-hybridized carbons (Fsp3) is 0.824. The van der Waals surface area contributed by atoms with Gasteiger partial charge in [0.05, 0.1) is 11.5 Å². The number of ether oxygens (including phenoxy) is 1. The van der Waals surface area contributed by atoms with Gasteiger partial charge in [-0.05, 0) is 110 Å². The van der Waals surface area contributed by atoms with Gasteiger partial charge < -0.3 is 9.84 Å². The predicted octanol–water partition coefficient (Wildman–Crippen LogP) is 7.82. The van der Waals surface area contributed by atoms with E-state index in [1.165, 1.54) is 5.57 Å². The zero-order valence-electron chi connectivity index (χ0n) is 25.4. The fourth-order valence-electron chi connectivity index (χ4n) is 10.8. The Bertz CT molecular complexity index is 1090. The highest BCUT2D eigenvalue weighted by Gasteiger charge is 2.70. The molecule has 9 atom stereocenters. The van der Waals surface area contributed by atoms with E-state index in [0.29, 0.717) is 18.3 Å². The van der Waals surface area contributed by atoms with Crippen molar-refractivity contribution in [3.8, 4) is 0 Å². The molecule has 1 N–H and O–H groups in total. The Kier molecular flexibility index (Phi) is 7.23. The number of hydrogen-bond donors (Lipinski definition) is 1. The molecule has 218 valence electrons. The maximum absolute atomic E-state index is 14.4. The Morgan fingerprint density at radius 1 is 1.00 bits per heavy atom. The van der Waals surface area contributed by atoms with Crippen LogP contribution in [0.15, 0.2) is 23.8 Å². The van der Waals surface area contributed by atoms with Crippen molar-refractivity contribution in [1.82, 2.24) is 0 Å². The SMILES string of the molecule is CC1(C)[C@@H](O)CC[C@]2(C)[C@H]3C(=O)C=C4[C@@H]5C[C@@](C)(C(=O)OC/C=C/CBr)CC[C@]5(C)CC[C@@]4(C)[C@]3(C)CC[C@@H]12. The number of esters is 1. The predicted molar refractivity (Wildman–Crippen MR) is 159 cm³/mol. The smallest absolute Gasteiger partial charge is 0.312 e. The molecule has 0 aromatic carbocycles. The number of alkyl halides is 1. The van der Waals surface area contributed by atoms with Gasteiger partial charge in [0.2, 0.25) is 0 Å². The summed E-state index contributed by atoms with van der Waals surface area (Å²) in [6.45, 7) is 16.5. The van der Waals surface area contributed by atoms with Crippen LogP contribution in [0.4, 0.5) is 0 Å². The number of hydrogen-bond acceptors (Lipinski definition) is 4. The molecular weight excluding hydrogens is 552 g/mol. The number of fused-ring (bicyclic) bond motifs is 7. The van der Waals surface area contributed by atoms with Crippen LogP contribution in [0.25, 0.3) is 0 Å². The molecule has 5 rings (SSSR count). The molecule has 4 fully saturated rings. The largest absolute Gasteiger partial charge is 0.461 e. The molecule has 0 aliphatic heterocycles. The minimum Gasteiger partial charge on any atom is -0.461 e. The normalized spacial score (nSPS) is 48.8. The molecule has 0 aromatic heterocycles. The third kappa shape index (κ3) is 4.13. The van der Waals surface area contributed by atoms with Gasteiger partial charge in [-0.25, -0.2) is 0 Å². The van der Waals surface area contributed by atoms with Crippen molar-refractivity contribution in [2.24, 2.45) is 50.2 Å². The first-order chi connectivity index (χ1) is 18.1. The summed E-state index contributed by atoms with van der Waals surface area (Å²) in [6, 6.07) is 0. The Morgan fingerprint density at radius 2 is 1.69 bits per heavy atom. The summed E-state index contributed by atoms with van der Waals surface area (Å²) in [6.07, 6.45) is 14.3. The van der Waals surface area contributed by atoms with Gasteiger partial charge in [0.1, 0.15) is 6.61 Å². The summed E-state index contributed by atoms with van der Waals surface area (Å²) >= 11 is 3.38. The highest BCUT2D eigenvalue weighted by atomic mass is 79.9. The van der Waals surface area contributed by atoms with Crippen molar-refractivity contribution in [2.75, 3.05) is 11.9 Å². The molecular formula is C34H51BrO4. The zero-order chi connectivity index (χ0) is 28.6. The molecule has 0 saturated heterocycles. The Hall–Kier alpha value is -0.940. The van der Waals surface area contributed by atoms with Gasteiger partial charge in [-0.1, -0.05) is 75.2 Å². The molecule has 0 unspecified atom stereocenters. The standard InChI is InChI=1S/C34H51BrO4/c1-29(2)25-10-13-34(7)27(32(25,5)12-11-26(29)37)24(36)20-22-23-21-31(4,28(38)39-19-9-8-18-35)15-14-30(23,3)16-17-33(22,34)6/h8-9,20,23,25-27,37H,10-19,21H2,1-7H3/b9-8+/t23-,25-,26-,27+,30+,31-,32-,33+,34+/m0/s1. The van der Waals surface area contributed by atoms with Crippen LogP contribution in [0.3, 0.4) is 0 Å². The average Bonchev–Trinajstić information content (AvgIpc) is 2.86. The van der Waals surface area contributed by atoms with Gasteiger partial charge in [0.15, 0.2) is 5.78 Å². The number of carbonyl (C=O) groups excluding carboxylic acids is 2. The fourth-order valence-corrected chi connectivity index (χ4v) is 11.0. The van der Waals surface area contributed by atoms with Crippen molar-refractivity contribution < 1.29 is 19.4 Å². The molecule has 0 amide bonds. The molecule has 0 spiro atoms. The number of aliphatic hydroxyl groups excluding tert-OH is 1. The topological polar surface area (TPSA) is 63.6 Å². The lowest BCUT2D eigenvalue weighted by Crippen LogP contribution is -2.66. The molecule has 4 nitrogen and oxygen atoms in total. The van der Waals surface area contributed by atoms with Crippen LogP contribution in [-0.4, -0.2) is 34.9 Å². The van der Waals surface area contributed by atoms with Crippen LogP contribution in [0.1, 0.15) is 106 Å². The maximum atomic E-state index is 14.4. The third-order valence-electron chi connectivity index (χ3n) is 13.6. The minimum atomic E-state index is -0.528. The summed E-state index contributed by atoms with van der Waals surface area (Å²) in [4.78, 5) is 27.8. The first-order valence-electron chi connectivity index (χ1n) is 15.4. The lowest BCUT2D eigenvalue weighted by Gasteiger charge is -2.70. The monoisotopic (exact) mass is 602 g/mol. The zero-order valence-corrected chi connectivity index (χ0v) is 27.0. The van der Waals surface area contributed by atoms with E-state index in [2.05, 4.69) is 70.5 Å². The second-order valence-electron chi connectivity index (χ2n) is 15.9. The van der Waals surface area contributed by atoms with Crippen LogP contribution < -0.4 is 0 Å². The van der Waals surface area contributed by atoms with Gasteiger partial charge >= 0.3 is 5.97 Å². The van der Waals surface area contributed by atoms with E-state index in [9.17, 15) is 14.7 Å². The number of aliphatic hydroxyl groups is 1. The van der Waals surface area contributed by atoms with E-state index in [4.69, 9.17) is 4.74 Å². The molecule has 4 saturated carbocycles. The number of ketones is 1. The number of carbonyl (C=O) groups is 2. The van der Waals surface area contributed by atoms with E-state index >= 15 is 0 Å². The third-order valence-corrected chi connectivity index (χ3v) is 14.0. The first kappa shape index (κ1) is 29.5. The van der Waals surface area contributed by atoms with Gasteiger partial charge in [-0.3, -0.25) is 9.59 Å². The molecule has 39 heavy (non-hydrogen) atoms. The van der Waals surface area contributed by atoms with E-state index in [-0.39, 0.29) is 51.0 Å². The van der Waals surface area contributed by atoms with Crippen LogP contribution in [0.2, 0.25) is 0 Å². The van der Waals surface area contributed by atoms with Crippen molar-refractivity contribution in [3.63, 3.8) is 0 Å². The molecule has 5 aliphatic rings. The van der Waals surface area contributed by atoms with E-state index in [1.54, 1.807) is 0 Å². The Balaban J connectivity index is 1.51. The van der Waals surface area contributed by atoms with Crippen molar-refractivity contribution in [1.29, 1.82) is 0 Å². The van der Waals surface area contributed by atoms with Crippen molar-refractivity contribution in [2.45, 2.75) is 112 Å². The van der Waals surface area contributed by atoms with Gasteiger partial charge in [-0.2, -0.15) is 0 Å². The van der Waals surface area contributed by atoms with Crippen LogP contribution in [0.5, 0.6) is 0 Å². The summed E-state index contributed by atoms with van der Waals surface area (Å²) in [7, 11) is 0. The lowest BCUT2D eigenvalue weighted by atomic mass is 9.33. The molecule has 0 heterocycles. The second kappa shape index (κ2) is 9.54. The molecule has 0 aromatic rings. The van der Waals surface area contributed by atoms with Crippen LogP contribution >= 0.6 is 15.9 Å². The molecule has 5 heteroatoms.